The van der Waals surface area contributed by atoms with Crippen molar-refractivity contribution in [2.24, 2.45) is 10.8 Å². The van der Waals surface area contributed by atoms with Crippen LogP contribution in [0.5, 0.6) is 0 Å². The number of carbonyl (C=O) groups is 4. The van der Waals surface area contributed by atoms with Crippen LogP contribution in [0.25, 0.3) is 0 Å². The molecule has 2 saturated heterocycles. The van der Waals surface area contributed by atoms with Crippen molar-refractivity contribution >= 4 is 24.1 Å². The molecule has 2 saturated carbocycles. The summed E-state index contributed by atoms with van der Waals surface area (Å²) in [5, 5.41) is 9.14. The van der Waals surface area contributed by atoms with Gasteiger partial charge in [0.2, 0.25) is 0 Å². The maximum atomic E-state index is 12.2. The monoisotopic (exact) mass is 534 g/mol. The average Bonchev–Trinajstić information content (AvgIpc) is 3.55. The summed E-state index contributed by atoms with van der Waals surface area (Å²) in [6.45, 7) is 14.1. The molecule has 2 atom stereocenters. The molecule has 4 fully saturated rings. The summed E-state index contributed by atoms with van der Waals surface area (Å²) < 4.78 is 15.7. The number of carboxylic acids is 1. The molecule has 11 nitrogen and oxygen atoms in total. The number of esters is 1. The van der Waals surface area contributed by atoms with Crippen LogP contribution >= 0.6 is 0 Å². The van der Waals surface area contributed by atoms with Crippen molar-refractivity contribution in [3.05, 3.63) is 0 Å². The average molecular weight is 535 g/mol. The van der Waals surface area contributed by atoms with E-state index in [9.17, 15) is 19.2 Å². The predicted molar refractivity (Wildman–Crippen MR) is 132 cm³/mol. The molecule has 2 unspecified atom stereocenters. The first kappa shape index (κ1) is 34.1. The topological polar surface area (TPSA) is 153 Å². The van der Waals surface area contributed by atoms with Crippen LogP contribution in [-0.2, 0) is 23.8 Å². The zero-order chi connectivity index (χ0) is 27.1. The first-order valence-electron chi connectivity index (χ1n) is 12.9. The van der Waals surface area contributed by atoms with Gasteiger partial charge in [0.05, 0.1) is 6.61 Å². The predicted octanol–water partition coefficient (Wildman–Crippen LogP) is 1.03. The molecule has 2 aliphatic heterocycles. The number of ether oxygens (including phenoxy) is 3. The van der Waals surface area contributed by atoms with Gasteiger partial charge in [-0.1, -0.05) is 0 Å². The maximum Gasteiger partial charge on any atom is 1.00 e. The number of carboxylic acid groups (broad SMARTS) is 1. The van der Waals surface area contributed by atoms with Crippen molar-refractivity contribution in [2.45, 2.75) is 110 Å². The number of rotatable bonds is 3. The van der Waals surface area contributed by atoms with Gasteiger partial charge in [-0.05, 0) is 97.8 Å². The van der Waals surface area contributed by atoms with Gasteiger partial charge in [-0.25, -0.2) is 19.2 Å². The van der Waals surface area contributed by atoms with E-state index in [4.69, 9.17) is 19.3 Å². The molecule has 12 heteroatoms. The Morgan fingerprint density at radius 2 is 1.16 bits per heavy atom. The van der Waals surface area contributed by atoms with E-state index < -0.39 is 41.4 Å². The molecule has 4 aliphatic rings. The van der Waals surface area contributed by atoms with Crippen LogP contribution in [0.1, 0.15) is 87.0 Å². The van der Waals surface area contributed by atoms with Gasteiger partial charge in [-0.3, -0.25) is 9.80 Å². The van der Waals surface area contributed by atoms with E-state index in [1.165, 1.54) is 4.90 Å². The minimum absolute atomic E-state index is 0. The van der Waals surface area contributed by atoms with Crippen molar-refractivity contribution in [3.63, 3.8) is 0 Å². The minimum atomic E-state index is -0.931. The zero-order valence-electron chi connectivity index (χ0n) is 24.2. The molecule has 38 heavy (non-hydrogen) atoms. The second kappa shape index (κ2) is 12.1. The van der Waals surface area contributed by atoms with E-state index in [1.807, 2.05) is 20.8 Å². The fourth-order valence-corrected chi connectivity index (χ4v) is 4.89. The Kier molecular flexibility index (Phi) is 10.8. The number of nitrogens with zero attached hydrogens (tertiary/aromatic N) is 2. The third-order valence-corrected chi connectivity index (χ3v) is 7.03. The quantitative estimate of drug-likeness (QED) is 0.318. The molecule has 2 heterocycles. The normalized spacial score (nSPS) is 23.9. The van der Waals surface area contributed by atoms with Gasteiger partial charge in [-0.15, -0.1) is 0 Å². The van der Waals surface area contributed by atoms with E-state index in [-0.39, 0.29) is 41.1 Å². The fourth-order valence-electron chi connectivity index (χ4n) is 4.89. The Morgan fingerprint density at radius 3 is 1.47 bits per heavy atom. The summed E-state index contributed by atoms with van der Waals surface area (Å²) in [5.41, 5.74) is -0.913. The van der Waals surface area contributed by atoms with E-state index in [0.717, 1.165) is 25.7 Å². The Bertz CT molecular complexity index is 888. The maximum absolute atomic E-state index is 12.2. The number of hydrogen-bond acceptors (Lipinski definition) is 8. The molecule has 0 bridgehead atoms. The molecule has 0 aromatic heterocycles. The summed E-state index contributed by atoms with van der Waals surface area (Å²) in [5.74, 6) is -1.24. The van der Waals surface area contributed by atoms with Crippen molar-refractivity contribution < 1.29 is 62.8 Å². The van der Waals surface area contributed by atoms with Crippen molar-refractivity contribution in [1.29, 1.82) is 0 Å². The van der Waals surface area contributed by atoms with Crippen LogP contribution in [0.4, 0.5) is 9.59 Å². The molecular weight excluding hydrogens is 491 g/mol. The van der Waals surface area contributed by atoms with E-state index in [1.54, 1.807) is 32.6 Å². The van der Waals surface area contributed by atoms with Gasteiger partial charge < -0.3 is 24.8 Å². The fraction of sp³-hybridized carbons (Fsp3) is 0.846. The van der Waals surface area contributed by atoms with Gasteiger partial charge in [0, 0.05) is 13.1 Å². The Morgan fingerprint density at radius 1 is 0.789 bits per heavy atom. The largest absolute Gasteiger partial charge is 1.00 e. The smallest absolute Gasteiger partial charge is 0.870 e. The molecule has 2 amide bonds. The first-order valence-corrected chi connectivity index (χ1v) is 12.9. The summed E-state index contributed by atoms with van der Waals surface area (Å²) in [7, 11) is 0. The third-order valence-electron chi connectivity index (χ3n) is 7.03. The standard InChI is InChI=1S/C14H23NO4.C12H19NO4.Li.H2O/c1-5-18-11(16)10-8-14(6-7-14)9-15(10)12(17)19-13(2,3)4;1-11(2,3)17-10(16)13-7-12(4-5-12)6-8(13)9(14)15;;/h10H,5-9H2,1-4H3;8H,4-7H2,1-3H3,(H,14,15);;1H2/q;;+1;/p-1. The van der Waals surface area contributed by atoms with E-state index >= 15 is 0 Å². The van der Waals surface area contributed by atoms with Crippen LogP contribution < -0.4 is 18.9 Å². The van der Waals surface area contributed by atoms with E-state index in [2.05, 4.69) is 0 Å². The van der Waals surface area contributed by atoms with Gasteiger partial charge in [0.1, 0.15) is 23.3 Å². The van der Waals surface area contributed by atoms with Gasteiger partial charge in [-0.2, -0.15) is 0 Å². The Hall–Kier alpha value is -1.96. The van der Waals surface area contributed by atoms with Crippen molar-refractivity contribution in [1.82, 2.24) is 9.80 Å². The van der Waals surface area contributed by atoms with Gasteiger partial charge in [0.15, 0.2) is 0 Å². The Labute approximate surface area is 237 Å². The molecule has 0 aromatic carbocycles. The van der Waals surface area contributed by atoms with Crippen molar-refractivity contribution in [3.8, 4) is 0 Å². The second-order valence-corrected chi connectivity index (χ2v) is 12.7. The second-order valence-electron chi connectivity index (χ2n) is 12.7. The van der Waals surface area contributed by atoms with Crippen LogP contribution in [0.2, 0.25) is 0 Å². The molecule has 4 rings (SSSR count). The SMILES string of the molecule is CC(C)(C)OC(=O)N1CC2(CC2)CC1C(=O)O.CCOC(=O)C1CC2(CC2)CN1C(=O)OC(C)(C)C.[Li+].[OH-]. The summed E-state index contributed by atoms with van der Waals surface area (Å²) in [4.78, 5) is 50.2. The molecule has 0 radical (unpaired) electrons. The molecule has 2 aliphatic carbocycles. The molecule has 0 aromatic rings. The number of carbonyl (C=O) groups excluding carboxylic acids is 3. The van der Waals surface area contributed by atoms with Crippen LogP contribution in [0.3, 0.4) is 0 Å². The summed E-state index contributed by atoms with van der Waals surface area (Å²) >= 11 is 0. The Balaban J connectivity index is 0.000000363. The first-order chi connectivity index (χ1) is 16.5. The molecular formula is C26H43LiN2O9. The minimum Gasteiger partial charge on any atom is -0.870 e. The number of likely N-dealkylation sites (tertiary alicyclic amines) is 2. The van der Waals surface area contributed by atoms with Crippen LogP contribution in [0, 0.1) is 10.8 Å². The molecule has 2 spiro atoms. The third kappa shape index (κ3) is 8.78. The van der Waals surface area contributed by atoms with E-state index in [0.29, 0.717) is 32.5 Å². The number of aliphatic carboxylic acids is 1. The molecule has 2 N–H and O–H groups in total. The summed E-state index contributed by atoms with van der Waals surface area (Å²) in [6, 6.07) is -1.19. The van der Waals surface area contributed by atoms with Gasteiger partial charge >= 0.3 is 43.0 Å². The van der Waals surface area contributed by atoms with Crippen LogP contribution in [-0.4, -0.2) is 87.5 Å². The molecule has 212 valence electrons. The zero-order valence-corrected chi connectivity index (χ0v) is 24.2. The summed E-state index contributed by atoms with van der Waals surface area (Å²) in [6.07, 6.45) is 4.59. The van der Waals surface area contributed by atoms with Crippen molar-refractivity contribution in [2.75, 3.05) is 19.7 Å². The van der Waals surface area contributed by atoms with Gasteiger partial charge in [0.25, 0.3) is 0 Å². The number of amides is 2. The van der Waals surface area contributed by atoms with Crippen LogP contribution in [0.15, 0.2) is 0 Å². The number of hydrogen-bond donors (Lipinski definition) is 1.